The third-order valence-electron chi connectivity index (χ3n) is 3.71. The minimum atomic E-state index is -0.113. The molecule has 1 aromatic carbocycles. The Balaban J connectivity index is 2.01. The number of benzene rings is 1. The lowest BCUT2D eigenvalue weighted by Gasteiger charge is -2.17. The average Bonchev–Trinajstić information content (AvgIpc) is 2.93. The molecule has 1 heterocycles. The summed E-state index contributed by atoms with van der Waals surface area (Å²) in [5, 5.41) is 2.94. The van der Waals surface area contributed by atoms with Crippen molar-refractivity contribution in [2.75, 3.05) is 25.2 Å². The Hall–Kier alpha value is -1.88. The van der Waals surface area contributed by atoms with Crippen LogP contribution >= 0.6 is 0 Å². The first kappa shape index (κ1) is 15.5. The van der Waals surface area contributed by atoms with E-state index in [-0.39, 0.29) is 17.9 Å². The Morgan fingerprint density at radius 3 is 2.62 bits per heavy atom. The monoisotopic (exact) mass is 290 g/mol. The van der Waals surface area contributed by atoms with Crippen LogP contribution in [-0.4, -0.2) is 38.1 Å². The SMILES string of the molecule is CCC(COC)NC(=O)c1ccc(N2CCCC2=O)cc1. The maximum Gasteiger partial charge on any atom is 0.251 e. The van der Waals surface area contributed by atoms with Crippen molar-refractivity contribution in [1.29, 1.82) is 0 Å². The molecule has 1 aromatic rings. The highest BCUT2D eigenvalue weighted by atomic mass is 16.5. The van der Waals surface area contributed by atoms with Gasteiger partial charge in [0.25, 0.3) is 5.91 Å². The molecule has 0 aromatic heterocycles. The van der Waals surface area contributed by atoms with Gasteiger partial charge in [0.15, 0.2) is 0 Å². The van der Waals surface area contributed by atoms with E-state index in [2.05, 4.69) is 5.32 Å². The molecule has 5 nitrogen and oxygen atoms in total. The van der Waals surface area contributed by atoms with E-state index < -0.39 is 0 Å². The summed E-state index contributed by atoms with van der Waals surface area (Å²) < 4.78 is 5.07. The predicted molar refractivity (Wildman–Crippen MR) is 81.5 cm³/mol. The molecule has 1 aliphatic heterocycles. The van der Waals surface area contributed by atoms with E-state index in [1.165, 1.54) is 0 Å². The van der Waals surface area contributed by atoms with Gasteiger partial charge in [-0.25, -0.2) is 0 Å². The minimum Gasteiger partial charge on any atom is -0.383 e. The van der Waals surface area contributed by atoms with E-state index in [9.17, 15) is 9.59 Å². The fraction of sp³-hybridized carbons (Fsp3) is 0.500. The highest BCUT2D eigenvalue weighted by molar-refractivity contribution is 5.97. The van der Waals surface area contributed by atoms with E-state index in [1.54, 1.807) is 24.1 Å². The van der Waals surface area contributed by atoms with Crippen molar-refractivity contribution >= 4 is 17.5 Å². The van der Waals surface area contributed by atoms with Crippen LogP contribution in [0.5, 0.6) is 0 Å². The zero-order chi connectivity index (χ0) is 15.2. The molecule has 0 spiro atoms. The van der Waals surface area contributed by atoms with Crippen molar-refractivity contribution in [1.82, 2.24) is 5.32 Å². The minimum absolute atomic E-state index is 0.0161. The summed E-state index contributed by atoms with van der Waals surface area (Å²) in [4.78, 5) is 25.6. The molecule has 0 aliphatic carbocycles. The van der Waals surface area contributed by atoms with Crippen LogP contribution in [0.1, 0.15) is 36.5 Å². The van der Waals surface area contributed by atoms with Gasteiger partial charge in [0, 0.05) is 31.3 Å². The number of carbonyl (C=O) groups is 2. The molecule has 0 radical (unpaired) electrons. The molecule has 1 unspecified atom stereocenters. The van der Waals surface area contributed by atoms with Gasteiger partial charge in [-0.3, -0.25) is 9.59 Å². The van der Waals surface area contributed by atoms with Crippen LogP contribution in [0.15, 0.2) is 24.3 Å². The number of nitrogens with one attached hydrogen (secondary N) is 1. The van der Waals surface area contributed by atoms with Gasteiger partial charge in [-0.15, -0.1) is 0 Å². The molecule has 1 atom stereocenters. The summed E-state index contributed by atoms with van der Waals surface area (Å²) in [7, 11) is 1.62. The fourth-order valence-corrected chi connectivity index (χ4v) is 2.45. The summed E-state index contributed by atoms with van der Waals surface area (Å²) in [5.74, 6) is 0.0385. The smallest absolute Gasteiger partial charge is 0.251 e. The maximum atomic E-state index is 12.1. The normalized spacial score (nSPS) is 16.1. The molecule has 1 N–H and O–H groups in total. The maximum absolute atomic E-state index is 12.1. The highest BCUT2D eigenvalue weighted by Crippen LogP contribution is 2.21. The Morgan fingerprint density at radius 1 is 1.38 bits per heavy atom. The Morgan fingerprint density at radius 2 is 2.10 bits per heavy atom. The number of anilines is 1. The van der Waals surface area contributed by atoms with E-state index in [0.29, 0.717) is 18.6 Å². The zero-order valence-corrected chi connectivity index (χ0v) is 12.6. The summed E-state index contributed by atoms with van der Waals surface area (Å²) in [6, 6.07) is 7.19. The van der Waals surface area contributed by atoms with Gasteiger partial charge >= 0.3 is 0 Å². The van der Waals surface area contributed by atoms with Gasteiger partial charge in [0.05, 0.1) is 12.6 Å². The van der Waals surface area contributed by atoms with E-state index >= 15 is 0 Å². The van der Waals surface area contributed by atoms with Crippen LogP contribution < -0.4 is 10.2 Å². The lowest BCUT2D eigenvalue weighted by molar-refractivity contribution is -0.117. The van der Waals surface area contributed by atoms with Crippen LogP contribution in [0.25, 0.3) is 0 Å². The van der Waals surface area contributed by atoms with E-state index in [4.69, 9.17) is 4.74 Å². The molecular weight excluding hydrogens is 268 g/mol. The van der Waals surface area contributed by atoms with Crippen LogP contribution in [0.3, 0.4) is 0 Å². The Labute approximate surface area is 125 Å². The average molecular weight is 290 g/mol. The molecule has 0 bridgehead atoms. The predicted octanol–water partition coefficient (Wildman–Crippen LogP) is 1.97. The van der Waals surface area contributed by atoms with Gasteiger partial charge < -0.3 is 15.0 Å². The van der Waals surface area contributed by atoms with Crippen LogP contribution in [0.2, 0.25) is 0 Å². The summed E-state index contributed by atoms with van der Waals surface area (Å²) in [6.07, 6.45) is 2.33. The molecule has 21 heavy (non-hydrogen) atoms. The summed E-state index contributed by atoms with van der Waals surface area (Å²) in [5.41, 5.74) is 1.46. The van der Waals surface area contributed by atoms with Gasteiger partial charge in [0.1, 0.15) is 0 Å². The zero-order valence-electron chi connectivity index (χ0n) is 12.6. The largest absolute Gasteiger partial charge is 0.383 e. The Bertz CT molecular complexity index is 499. The van der Waals surface area contributed by atoms with Crippen molar-refractivity contribution < 1.29 is 14.3 Å². The molecule has 0 saturated carbocycles. The van der Waals surface area contributed by atoms with E-state index in [0.717, 1.165) is 25.1 Å². The van der Waals surface area contributed by atoms with Crippen LogP contribution in [-0.2, 0) is 9.53 Å². The Kier molecular flexibility index (Phi) is 5.33. The lowest BCUT2D eigenvalue weighted by atomic mass is 10.1. The molecule has 1 fully saturated rings. The molecule has 2 rings (SSSR count). The third-order valence-corrected chi connectivity index (χ3v) is 3.71. The van der Waals surface area contributed by atoms with Gasteiger partial charge in [-0.05, 0) is 37.1 Å². The number of nitrogens with zero attached hydrogens (tertiary/aromatic N) is 1. The first-order valence-corrected chi connectivity index (χ1v) is 7.36. The number of ether oxygens (including phenoxy) is 1. The van der Waals surface area contributed by atoms with Crippen molar-refractivity contribution in [3.05, 3.63) is 29.8 Å². The number of rotatable bonds is 6. The first-order valence-electron chi connectivity index (χ1n) is 7.36. The van der Waals surface area contributed by atoms with Gasteiger partial charge in [-0.2, -0.15) is 0 Å². The quantitative estimate of drug-likeness (QED) is 0.871. The number of hydrogen-bond acceptors (Lipinski definition) is 3. The third kappa shape index (κ3) is 3.82. The standard InChI is InChI=1S/C16H22N2O3/c1-3-13(11-21-2)17-16(20)12-6-8-14(9-7-12)18-10-4-5-15(18)19/h6-9,13H,3-5,10-11H2,1-2H3,(H,17,20). The van der Waals surface area contributed by atoms with Crippen molar-refractivity contribution in [2.24, 2.45) is 0 Å². The number of methoxy groups -OCH3 is 1. The molecule has 1 saturated heterocycles. The second-order valence-electron chi connectivity index (χ2n) is 5.23. The first-order chi connectivity index (χ1) is 10.2. The van der Waals surface area contributed by atoms with Gasteiger partial charge in [0.2, 0.25) is 5.91 Å². The second-order valence-corrected chi connectivity index (χ2v) is 5.23. The molecule has 2 amide bonds. The van der Waals surface area contributed by atoms with Crippen molar-refractivity contribution in [3.63, 3.8) is 0 Å². The van der Waals surface area contributed by atoms with Crippen molar-refractivity contribution in [2.45, 2.75) is 32.2 Å². The molecule has 114 valence electrons. The fourth-order valence-electron chi connectivity index (χ4n) is 2.45. The highest BCUT2D eigenvalue weighted by Gasteiger charge is 2.21. The van der Waals surface area contributed by atoms with Crippen molar-refractivity contribution in [3.8, 4) is 0 Å². The molecule has 1 aliphatic rings. The molecule has 5 heteroatoms. The number of hydrogen-bond donors (Lipinski definition) is 1. The summed E-state index contributed by atoms with van der Waals surface area (Å²) in [6.45, 7) is 3.27. The topological polar surface area (TPSA) is 58.6 Å². The lowest BCUT2D eigenvalue weighted by Crippen LogP contribution is -2.37. The van der Waals surface area contributed by atoms with Crippen LogP contribution in [0, 0.1) is 0 Å². The molecular formula is C16H22N2O3. The van der Waals surface area contributed by atoms with Gasteiger partial charge in [-0.1, -0.05) is 6.92 Å². The number of amides is 2. The summed E-state index contributed by atoms with van der Waals surface area (Å²) >= 11 is 0. The number of carbonyl (C=O) groups excluding carboxylic acids is 2. The second kappa shape index (κ2) is 7.22. The van der Waals surface area contributed by atoms with Crippen LogP contribution in [0.4, 0.5) is 5.69 Å². The van der Waals surface area contributed by atoms with E-state index in [1.807, 2.05) is 19.1 Å².